The third-order valence-corrected chi connectivity index (χ3v) is 2.85. The van der Waals surface area contributed by atoms with E-state index in [4.69, 9.17) is 0 Å². The molecule has 0 fully saturated rings. The maximum absolute atomic E-state index is 13.4. The molecule has 0 saturated heterocycles. The molecule has 0 radical (unpaired) electrons. The zero-order valence-corrected chi connectivity index (χ0v) is 12.0. The lowest BCUT2D eigenvalue weighted by Crippen LogP contribution is -2.29. The lowest BCUT2D eigenvalue weighted by Gasteiger charge is -2.09. The van der Waals surface area contributed by atoms with Crippen LogP contribution in [0.1, 0.15) is 19.4 Å². The smallest absolute Gasteiger partial charge is 0.127 e. The van der Waals surface area contributed by atoms with Crippen LogP contribution < -0.4 is 10.6 Å². The van der Waals surface area contributed by atoms with Crippen LogP contribution in [0.5, 0.6) is 0 Å². The molecule has 0 unspecified atom stereocenters. The molecule has 1 rings (SSSR count). The fourth-order valence-corrected chi connectivity index (χ4v) is 1.88. The van der Waals surface area contributed by atoms with E-state index in [9.17, 15) is 4.39 Å². The molecule has 0 aliphatic carbocycles. The average molecular weight is 303 g/mol. The summed E-state index contributed by atoms with van der Waals surface area (Å²) in [6, 6.07) is 5.00. The van der Waals surface area contributed by atoms with Crippen molar-refractivity contribution in [3.8, 4) is 0 Å². The number of benzene rings is 1. The van der Waals surface area contributed by atoms with E-state index < -0.39 is 0 Å². The van der Waals surface area contributed by atoms with Crippen LogP contribution in [0.3, 0.4) is 0 Å². The molecule has 4 heteroatoms. The van der Waals surface area contributed by atoms with E-state index in [0.717, 1.165) is 24.1 Å². The summed E-state index contributed by atoms with van der Waals surface area (Å²) < 4.78 is 14.3. The summed E-state index contributed by atoms with van der Waals surface area (Å²) in [5.41, 5.74) is 0.697. The predicted octanol–water partition coefficient (Wildman–Crippen LogP) is 2.92. The van der Waals surface area contributed by atoms with Crippen LogP contribution in [0, 0.1) is 11.7 Å². The van der Waals surface area contributed by atoms with Gasteiger partial charge in [0, 0.05) is 29.7 Å². The Bertz CT molecular complexity index is 342. The number of halogens is 2. The average Bonchev–Trinajstić information content (AvgIpc) is 2.27. The first-order chi connectivity index (χ1) is 8.09. The number of nitrogens with one attached hydrogen (secondary N) is 2. The topological polar surface area (TPSA) is 24.1 Å². The van der Waals surface area contributed by atoms with Crippen LogP contribution in [-0.2, 0) is 6.54 Å². The van der Waals surface area contributed by atoms with Crippen molar-refractivity contribution in [2.24, 2.45) is 5.92 Å². The molecule has 0 aromatic heterocycles. The normalized spacial score (nSPS) is 11.1. The van der Waals surface area contributed by atoms with Gasteiger partial charge in [-0.25, -0.2) is 4.39 Å². The Hall–Kier alpha value is -0.450. The summed E-state index contributed by atoms with van der Waals surface area (Å²) in [4.78, 5) is 0. The molecule has 0 spiro atoms. The van der Waals surface area contributed by atoms with Crippen molar-refractivity contribution >= 4 is 15.9 Å². The minimum atomic E-state index is -0.157. The maximum atomic E-state index is 13.4. The van der Waals surface area contributed by atoms with E-state index in [-0.39, 0.29) is 5.82 Å². The summed E-state index contributed by atoms with van der Waals surface area (Å²) in [7, 11) is 0. The minimum absolute atomic E-state index is 0.157. The van der Waals surface area contributed by atoms with Gasteiger partial charge in [-0.05, 0) is 30.7 Å². The molecular weight excluding hydrogens is 283 g/mol. The Morgan fingerprint density at radius 1 is 1.24 bits per heavy atom. The van der Waals surface area contributed by atoms with Crippen molar-refractivity contribution in [1.82, 2.24) is 10.6 Å². The summed E-state index contributed by atoms with van der Waals surface area (Å²) in [6.45, 7) is 7.70. The summed E-state index contributed by atoms with van der Waals surface area (Å²) in [6.07, 6.45) is 0. The molecule has 0 saturated carbocycles. The second-order valence-corrected chi connectivity index (χ2v) is 5.43. The van der Waals surface area contributed by atoms with E-state index >= 15 is 0 Å². The molecule has 2 N–H and O–H groups in total. The van der Waals surface area contributed by atoms with Gasteiger partial charge in [0.15, 0.2) is 0 Å². The quantitative estimate of drug-likeness (QED) is 0.757. The number of hydrogen-bond donors (Lipinski definition) is 2. The highest BCUT2D eigenvalue weighted by atomic mass is 79.9. The molecule has 1 aromatic rings. The molecule has 2 nitrogen and oxygen atoms in total. The molecule has 1 aromatic carbocycles. The van der Waals surface area contributed by atoms with Crippen LogP contribution in [0.4, 0.5) is 4.39 Å². The number of hydrogen-bond acceptors (Lipinski definition) is 2. The highest BCUT2D eigenvalue weighted by molar-refractivity contribution is 9.10. The third-order valence-electron chi connectivity index (χ3n) is 2.35. The zero-order chi connectivity index (χ0) is 12.7. The van der Waals surface area contributed by atoms with E-state index in [1.807, 2.05) is 6.07 Å². The van der Waals surface area contributed by atoms with Crippen LogP contribution in [0.2, 0.25) is 0 Å². The van der Waals surface area contributed by atoms with E-state index in [2.05, 4.69) is 40.4 Å². The van der Waals surface area contributed by atoms with E-state index in [0.29, 0.717) is 18.0 Å². The summed E-state index contributed by atoms with van der Waals surface area (Å²) in [5, 5.41) is 6.55. The van der Waals surface area contributed by atoms with E-state index in [1.165, 1.54) is 6.07 Å². The second kappa shape index (κ2) is 7.80. The van der Waals surface area contributed by atoms with Crippen LogP contribution in [0.25, 0.3) is 0 Å². The van der Waals surface area contributed by atoms with Gasteiger partial charge in [-0.1, -0.05) is 29.8 Å². The molecule has 0 aliphatic rings. The van der Waals surface area contributed by atoms with Gasteiger partial charge in [0.2, 0.25) is 0 Å². The van der Waals surface area contributed by atoms with Crippen molar-refractivity contribution in [3.63, 3.8) is 0 Å². The molecule has 0 heterocycles. The van der Waals surface area contributed by atoms with Gasteiger partial charge in [0.1, 0.15) is 5.82 Å². The lowest BCUT2D eigenvalue weighted by atomic mass is 10.2. The highest BCUT2D eigenvalue weighted by Crippen LogP contribution is 2.15. The maximum Gasteiger partial charge on any atom is 0.127 e. The molecule has 0 amide bonds. The van der Waals surface area contributed by atoms with Gasteiger partial charge in [0.25, 0.3) is 0 Å². The monoisotopic (exact) mass is 302 g/mol. The van der Waals surface area contributed by atoms with Crippen molar-refractivity contribution in [1.29, 1.82) is 0 Å². The Balaban J connectivity index is 2.20. The Morgan fingerprint density at radius 2 is 1.94 bits per heavy atom. The van der Waals surface area contributed by atoms with E-state index in [1.54, 1.807) is 6.07 Å². The fraction of sp³-hybridized carbons (Fsp3) is 0.538. The Labute approximate surface area is 111 Å². The second-order valence-electron chi connectivity index (χ2n) is 4.51. The van der Waals surface area contributed by atoms with Gasteiger partial charge >= 0.3 is 0 Å². The van der Waals surface area contributed by atoms with Crippen molar-refractivity contribution < 1.29 is 4.39 Å². The SMILES string of the molecule is CC(C)CNCCNCc1cc(Br)ccc1F. The molecule has 0 bridgehead atoms. The number of rotatable bonds is 7. The largest absolute Gasteiger partial charge is 0.315 e. The van der Waals surface area contributed by atoms with Crippen LogP contribution >= 0.6 is 15.9 Å². The molecule has 96 valence electrons. The summed E-state index contributed by atoms with van der Waals surface area (Å²) >= 11 is 3.34. The van der Waals surface area contributed by atoms with Crippen LogP contribution in [0.15, 0.2) is 22.7 Å². The summed E-state index contributed by atoms with van der Waals surface area (Å²) in [5.74, 6) is 0.508. The predicted molar refractivity (Wildman–Crippen MR) is 73.5 cm³/mol. The van der Waals surface area contributed by atoms with Gasteiger partial charge in [0.05, 0.1) is 0 Å². The fourth-order valence-electron chi connectivity index (χ4n) is 1.47. The third kappa shape index (κ3) is 6.15. The van der Waals surface area contributed by atoms with Crippen molar-refractivity contribution in [2.75, 3.05) is 19.6 Å². The first kappa shape index (κ1) is 14.6. The van der Waals surface area contributed by atoms with Gasteiger partial charge < -0.3 is 10.6 Å². The Morgan fingerprint density at radius 3 is 2.65 bits per heavy atom. The van der Waals surface area contributed by atoms with Gasteiger partial charge in [-0.2, -0.15) is 0 Å². The first-order valence-corrected chi connectivity index (χ1v) is 6.74. The van der Waals surface area contributed by atoms with Gasteiger partial charge in [-0.15, -0.1) is 0 Å². The minimum Gasteiger partial charge on any atom is -0.315 e. The van der Waals surface area contributed by atoms with Crippen LogP contribution in [-0.4, -0.2) is 19.6 Å². The standard InChI is InChI=1S/C13H20BrFN2/c1-10(2)8-16-5-6-17-9-11-7-12(14)3-4-13(11)15/h3-4,7,10,16-17H,5-6,8-9H2,1-2H3. The Kier molecular flexibility index (Phi) is 6.70. The lowest BCUT2D eigenvalue weighted by molar-refractivity contribution is 0.530. The first-order valence-electron chi connectivity index (χ1n) is 5.95. The zero-order valence-electron chi connectivity index (χ0n) is 10.4. The molecule has 17 heavy (non-hydrogen) atoms. The van der Waals surface area contributed by atoms with Crippen molar-refractivity contribution in [3.05, 3.63) is 34.1 Å². The molecule has 0 atom stereocenters. The highest BCUT2D eigenvalue weighted by Gasteiger charge is 2.01. The molecular formula is C13H20BrFN2. The van der Waals surface area contributed by atoms with Crippen molar-refractivity contribution in [2.45, 2.75) is 20.4 Å². The molecule has 0 aliphatic heterocycles. The van der Waals surface area contributed by atoms with Gasteiger partial charge in [-0.3, -0.25) is 0 Å².